The molecule has 0 unspecified atom stereocenters. The Morgan fingerprint density at radius 1 is 0.950 bits per heavy atom. The summed E-state index contributed by atoms with van der Waals surface area (Å²) < 4.78 is 27.3. The zero-order chi connectivity index (χ0) is 28.6. The first kappa shape index (κ1) is 34.8. The van der Waals surface area contributed by atoms with Gasteiger partial charge < -0.3 is 30.3 Å². The molecule has 40 heavy (non-hydrogen) atoms. The molecule has 1 aromatic heterocycles. The molecule has 3 saturated heterocycles. The van der Waals surface area contributed by atoms with Crippen LogP contribution in [0.4, 0.5) is 5.69 Å². The second-order valence-corrected chi connectivity index (χ2v) is 12.0. The Balaban J connectivity index is 0.000000401. The number of rotatable bonds is 4. The van der Waals surface area contributed by atoms with E-state index in [4.69, 9.17) is 5.11 Å². The molecule has 0 atom stereocenters. The van der Waals surface area contributed by atoms with Gasteiger partial charge in [-0.15, -0.1) is 13.1 Å². The van der Waals surface area contributed by atoms with Crippen LogP contribution in [0.2, 0.25) is 0 Å². The van der Waals surface area contributed by atoms with Crippen LogP contribution in [0.1, 0.15) is 27.2 Å². The van der Waals surface area contributed by atoms with Crippen LogP contribution < -0.4 is 4.90 Å². The van der Waals surface area contributed by atoms with Gasteiger partial charge in [-0.1, -0.05) is 32.0 Å². The van der Waals surface area contributed by atoms with E-state index in [2.05, 4.69) is 27.1 Å². The molecule has 3 aliphatic rings. The average molecular weight is 797 g/mol. The fourth-order valence-corrected chi connectivity index (χ4v) is 6.26. The standard InChI is InChI=1S/C21H23N3O3S.C5H11N2.C2H6.CH4O.U/c1-21(25)13-23(14-21)20-8-7-16(28(26,27)24-9-4-10-24)12-17(20)19-11-15-5-2-3-6-18(15)22-19;1-7-4-2-6-3-5-7;2*1-2;/h2-3,5-8,11-12,22,25H,4,9-10,13-14H2,1H3;2-5H2,1H3;1-2H3;2H,1H3;/q;-1;;;. The first-order valence-electron chi connectivity index (χ1n) is 13.7. The number of nitrogens with one attached hydrogen (secondary N) is 1. The molecule has 0 amide bonds. The van der Waals surface area contributed by atoms with Crippen molar-refractivity contribution in [2.24, 2.45) is 0 Å². The van der Waals surface area contributed by atoms with Gasteiger partial charge >= 0.3 is 0 Å². The third kappa shape index (κ3) is 8.33. The molecule has 0 saturated carbocycles. The van der Waals surface area contributed by atoms with Crippen molar-refractivity contribution in [2.75, 3.05) is 71.4 Å². The molecule has 0 aliphatic carbocycles. The monoisotopic (exact) mass is 796 g/mol. The van der Waals surface area contributed by atoms with Crippen molar-refractivity contribution >= 4 is 26.6 Å². The van der Waals surface area contributed by atoms with Crippen molar-refractivity contribution in [3.63, 3.8) is 0 Å². The number of likely N-dealkylation sites (N-methyl/N-ethyl adjacent to an activating group) is 1. The molecular formula is C29H44N5O4SU-. The quantitative estimate of drug-likeness (QED) is 0.371. The Hall–Kier alpha value is -1.42. The number of anilines is 1. The van der Waals surface area contributed by atoms with Crippen molar-refractivity contribution in [3.8, 4) is 11.3 Å². The summed E-state index contributed by atoms with van der Waals surface area (Å²) in [6.07, 6.45) is 0.912. The van der Waals surface area contributed by atoms with Crippen LogP contribution in [0.15, 0.2) is 53.4 Å². The molecule has 3 N–H and O–H groups in total. The van der Waals surface area contributed by atoms with E-state index in [0.717, 1.165) is 67.6 Å². The van der Waals surface area contributed by atoms with Gasteiger partial charge in [-0.2, -0.15) is 4.31 Å². The number of hydrogen-bond acceptors (Lipinski definition) is 6. The Labute approximate surface area is 263 Å². The number of aromatic amines is 1. The molecule has 0 radical (unpaired) electrons. The molecular weight excluding hydrogens is 752 g/mol. The predicted octanol–water partition coefficient (Wildman–Crippen LogP) is 3.74. The molecule has 0 bridgehead atoms. The molecule has 4 heterocycles. The summed E-state index contributed by atoms with van der Waals surface area (Å²) in [5, 5.41) is 22.4. The van der Waals surface area contributed by atoms with E-state index in [1.807, 2.05) is 57.2 Å². The minimum absolute atomic E-state index is 0. The van der Waals surface area contributed by atoms with E-state index < -0.39 is 15.6 Å². The molecule has 0 spiro atoms. The van der Waals surface area contributed by atoms with Crippen molar-refractivity contribution in [2.45, 2.75) is 37.7 Å². The van der Waals surface area contributed by atoms with Crippen LogP contribution in [-0.4, -0.2) is 105 Å². The zero-order valence-electron chi connectivity index (χ0n) is 24.4. The van der Waals surface area contributed by atoms with Crippen LogP contribution in [-0.2, 0) is 10.0 Å². The maximum absolute atomic E-state index is 12.9. The number of hydrogen-bond donors (Lipinski definition) is 3. The average Bonchev–Trinajstić information content (AvgIpc) is 3.33. The fraction of sp³-hybridized carbons (Fsp3) is 0.517. The largest absolute Gasteiger partial charge is 0.660 e. The van der Waals surface area contributed by atoms with Crippen molar-refractivity contribution in [1.29, 1.82) is 0 Å². The maximum Gasteiger partial charge on any atom is 0.243 e. The second kappa shape index (κ2) is 15.7. The summed E-state index contributed by atoms with van der Waals surface area (Å²) in [7, 11) is -0.332. The summed E-state index contributed by atoms with van der Waals surface area (Å²) >= 11 is 0. The molecule has 9 nitrogen and oxygen atoms in total. The number of para-hydroxylation sites is 1. The molecule has 3 aliphatic heterocycles. The van der Waals surface area contributed by atoms with Gasteiger partial charge in [0.15, 0.2) is 0 Å². The number of nitrogens with zero attached hydrogens (tertiary/aromatic N) is 4. The van der Waals surface area contributed by atoms with E-state index in [-0.39, 0.29) is 31.1 Å². The van der Waals surface area contributed by atoms with E-state index in [0.29, 0.717) is 31.1 Å². The van der Waals surface area contributed by atoms with Crippen LogP contribution in [0.5, 0.6) is 0 Å². The summed E-state index contributed by atoms with van der Waals surface area (Å²) in [5.41, 5.74) is 2.95. The third-order valence-electron chi connectivity index (χ3n) is 6.92. The number of piperazine rings is 1. The molecule has 11 heteroatoms. The number of aliphatic hydroxyl groups is 2. The van der Waals surface area contributed by atoms with Gasteiger partial charge in [-0.3, -0.25) is 0 Å². The summed E-state index contributed by atoms with van der Waals surface area (Å²) in [5.74, 6) is 0. The van der Waals surface area contributed by atoms with Gasteiger partial charge in [0, 0.05) is 92.2 Å². The summed E-state index contributed by atoms with van der Waals surface area (Å²) in [4.78, 5) is 8.11. The van der Waals surface area contributed by atoms with Gasteiger partial charge in [-0.05, 0) is 63.8 Å². The first-order valence-corrected chi connectivity index (χ1v) is 15.1. The Kier molecular flexibility index (Phi) is 13.7. The SMILES string of the molecule is CC.CC1(O)CN(c2ccc(S(=O)(=O)N3CCC3)cc2-c2cc3ccccc3[nH]2)C1.CN1CC[N-]CC1.CO.[U]. The Bertz CT molecular complexity index is 1260. The van der Waals surface area contributed by atoms with Crippen LogP contribution >= 0.6 is 0 Å². The van der Waals surface area contributed by atoms with Gasteiger partial charge in [0.1, 0.15) is 0 Å². The summed E-state index contributed by atoms with van der Waals surface area (Å²) in [6.45, 7) is 12.4. The molecule has 2 aromatic carbocycles. The normalized spacial score (nSPS) is 18.3. The van der Waals surface area contributed by atoms with Gasteiger partial charge in [0.05, 0.1) is 10.5 Å². The number of fused-ring (bicyclic) bond motifs is 1. The Morgan fingerprint density at radius 2 is 1.57 bits per heavy atom. The predicted molar refractivity (Wildman–Crippen MR) is 160 cm³/mol. The van der Waals surface area contributed by atoms with Gasteiger partial charge in [0.25, 0.3) is 0 Å². The van der Waals surface area contributed by atoms with Gasteiger partial charge in [-0.25, -0.2) is 8.42 Å². The minimum Gasteiger partial charge on any atom is -0.660 e. The number of aromatic nitrogens is 1. The van der Waals surface area contributed by atoms with E-state index in [1.165, 1.54) is 4.31 Å². The first-order chi connectivity index (χ1) is 18.7. The molecule has 220 valence electrons. The van der Waals surface area contributed by atoms with Gasteiger partial charge in [0.2, 0.25) is 10.0 Å². The van der Waals surface area contributed by atoms with E-state index in [1.54, 1.807) is 12.1 Å². The van der Waals surface area contributed by atoms with Crippen LogP contribution in [0.3, 0.4) is 0 Å². The molecule has 3 fully saturated rings. The van der Waals surface area contributed by atoms with E-state index in [9.17, 15) is 13.5 Å². The van der Waals surface area contributed by atoms with Crippen molar-refractivity contribution < 1.29 is 49.7 Å². The van der Waals surface area contributed by atoms with E-state index >= 15 is 0 Å². The minimum atomic E-state index is -3.47. The number of aliphatic hydroxyl groups excluding tert-OH is 1. The smallest absolute Gasteiger partial charge is 0.243 e. The third-order valence-corrected chi connectivity index (χ3v) is 8.82. The number of β-amino-alcohol motifs (C(OH)–C–C–N with tert-alkyl or cyclic N) is 1. The topological polar surface area (TPSA) is 114 Å². The van der Waals surface area contributed by atoms with Crippen molar-refractivity contribution in [1.82, 2.24) is 14.2 Å². The fourth-order valence-electron chi connectivity index (χ4n) is 4.72. The second-order valence-electron chi connectivity index (χ2n) is 10.0. The molecule has 3 aromatic rings. The zero-order valence-corrected chi connectivity index (χ0v) is 29.4. The van der Waals surface area contributed by atoms with Crippen molar-refractivity contribution in [3.05, 3.63) is 53.8 Å². The molecule has 6 rings (SSSR count). The number of H-pyrrole nitrogens is 1. The number of benzene rings is 2. The maximum atomic E-state index is 12.9. The summed E-state index contributed by atoms with van der Waals surface area (Å²) in [6, 6.07) is 15.4. The number of sulfonamides is 1. The Morgan fingerprint density at radius 3 is 2.08 bits per heavy atom. The van der Waals surface area contributed by atoms with Crippen LogP contribution in [0, 0.1) is 31.1 Å². The van der Waals surface area contributed by atoms with Crippen LogP contribution in [0.25, 0.3) is 27.5 Å².